The van der Waals surface area contributed by atoms with Crippen LogP contribution < -0.4 is 10.6 Å². The van der Waals surface area contributed by atoms with Gasteiger partial charge in [-0.3, -0.25) is 9.59 Å². The van der Waals surface area contributed by atoms with Crippen molar-refractivity contribution in [3.8, 4) is 6.07 Å². The Morgan fingerprint density at radius 2 is 2.07 bits per heavy atom. The van der Waals surface area contributed by atoms with Gasteiger partial charge in [0.25, 0.3) is 5.91 Å². The van der Waals surface area contributed by atoms with E-state index in [4.69, 9.17) is 5.26 Å². The smallest absolute Gasteiger partial charge is 0.251 e. The van der Waals surface area contributed by atoms with Crippen LogP contribution in [0.2, 0.25) is 0 Å². The Bertz CT molecular complexity index is 880. The number of nitrogens with one attached hydrogen (secondary N) is 3. The number of rotatable bonds is 7. The van der Waals surface area contributed by atoms with Crippen molar-refractivity contribution in [1.29, 1.82) is 5.26 Å². The molecule has 0 radical (unpaired) electrons. The maximum atomic E-state index is 12.8. The highest BCUT2D eigenvalue weighted by atomic mass is 16.2. The first-order valence-electron chi connectivity index (χ1n) is 10.2. The molecule has 1 aliphatic carbocycles. The van der Waals surface area contributed by atoms with E-state index in [2.05, 4.69) is 28.6 Å². The van der Waals surface area contributed by atoms with E-state index in [9.17, 15) is 9.59 Å². The van der Waals surface area contributed by atoms with E-state index in [1.165, 1.54) is 5.69 Å². The van der Waals surface area contributed by atoms with Crippen molar-refractivity contribution in [2.75, 3.05) is 6.54 Å². The van der Waals surface area contributed by atoms with Crippen molar-refractivity contribution >= 4 is 22.7 Å². The molecule has 1 heterocycles. The maximum absolute atomic E-state index is 12.8. The third kappa shape index (κ3) is 4.72. The number of unbranched alkanes of at least 4 members (excludes halogenated alkanes) is 1. The van der Waals surface area contributed by atoms with Gasteiger partial charge in [0.1, 0.15) is 6.54 Å². The zero-order valence-electron chi connectivity index (χ0n) is 16.4. The average Bonchev–Trinajstić information content (AvgIpc) is 3.12. The Kier molecular flexibility index (Phi) is 6.70. The lowest BCUT2D eigenvalue weighted by atomic mass is 9.83. The zero-order chi connectivity index (χ0) is 19.9. The fraction of sp³-hybridized carbons (Fsp3) is 0.500. The van der Waals surface area contributed by atoms with Crippen LogP contribution in [0.25, 0.3) is 10.9 Å². The van der Waals surface area contributed by atoms with Crippen LogP contribution in [0, 0.1) is 17.2 Å². The third-order valence-electron chi connectivity index (χ3n) is 5.50. The predicted octanol–water partition coefficient (Wildman–Crippen LogP) is 3.44. The number of aryl methyl sites for hydroxylation is 1. The maximum Gasteiger partial charge on any atom is 0.251 e. The van der Waals surface area contributed by atoms with E-state index in [0.29, 0.717) is 5.56 Å². The van der Waals surface area contributed by atoms with Gasteiger partial charge in [0, 0.05) is 22.8 Å². The summed E-state index contributed by atoms with van der Waals surface area (Å²) < 4.78 is 0. The van der Waals surface area contributed by atoms with E-state index in [1.54, 1.807) is 0 Å². The van der Waals surface area contributed by atoms with Gasteiger partial charge in [0.15, 0.2) is 0 Å². The lowest BCUT2D eigenvalue weighted by Gasteiger charge is -2.31. The van der Waals surface area contributed by atoms with Gasteiger partial charge in [0.2, 0.25) is 5.91 Å². The molecule has 0 bridgehead atoms. The fourth-order valence-corrected chi connectivity index (χ4v) is 3.96. The molecule has 28 heavy (non-hydrogen) atoms. The fourth-order valence-electron chi connectivity index (χ4n) is 3.96. The Morgan fingerprint density at radius 3 is 2.86 bits per heavy atom. The molecule has 2 atom stereocenters. The van der Waals surface area contributed by atoms with Crippen LogP contribution in [0.15, 0.2) is 24.3 Å². The summed E-state index contributed by atoms with van der Waals surface area (Å²) in [6, 6.07) is 9.56. The molecule has 1 aromatic heterocycles. The minimum atomic E-state index is -0.277. The van der Waals surface area contributed by atoms with Gasteiger partial charge in [-0.2, -0.15) is 5.26 Å². The van der Waals surface area contributed by atoms with E-state index in [0.717, 1.165) is 55.8 Å². The number of carbonyl (C=O) groups excluding carboxylic acids is 2. The summed E-state index contributed by atoms with van der Waals surface area (Å²) in [5, 5.41) is 15.5. The monoisotopic (exact) mass is 380 g/mol. The van der Waals surface area contributed by atoms with Crippen molar-refractivity contribution in [2.24, 2.45) is 5.92 Å². The first-order valence-corrected chi connectivity index (χ1v) is 10.2. The van der Waals surface area contributed by atoms with Crippen molar-refractivity contribution in [3.05, 3.63) is 35.5 Å². The SMILES string of the molecule is CCCCc1cc2ccc(C(=O)N[C@H]3CCCC[C@H]3C(=O)NCC#N)cc2[nH]1. The molecule has 2 aromatic rings. The Hall–Kier alpha value is -2.81. The summed E-state index contributed by atoms with van der Waals surface area (Å²) in [6.07, 6.45) is 6.76. The molecule has 6 heteroatoms. The van der Waals surface area contributed by atoms with Gasteiger partial charge in [-0.1, -0.05) is 32.3 Å². The normalized spacial score (nSPS) is 19.1. The minimum Gasteiger partial charge on any atom is -0.358 e. The molecular weight excluding hydrogens is 352 g/mol. The van der Waals surface area contributed by atoms with E-state index in [-0.39, 0.29) is 30.3 Å². The number of nitrogens with zero attached hydrogens (tertiary/aromatic N) is 1. The number of benzene rings is 1. The molecule has 0 spiro atoms. The van der Waals surface area contributed by atoms with Gasteiger partial charge in [-0.25, -0.2) is 0 Å². The third-order valence-corrected chi connectivity index (χ3v) is 5.50. The second-order valence-corrected chi connectivity index (χ2v) is 7.55. The van der Waals surface area contributed by atoms with Crippen LogP contribution >= 0.6 is 0 Å². The molecule has 6 nitrogen and oxygen atoms in total. The number of carbonyl (C=O) groups is 2. The minimum absolute atomic E-state index is 0.000143. The lowest BCUT2D eigenvalue weighted by Crippen LogP contribution is -2.48. The van der Waals surface area contributed by atoms with Gasteiger partial charge < -0.3 is 15.6 Å². The number of hydrogen-bond acceptors (Lipinski definition) is 3. The van der Waals surface area contributed by atoms with Crippen LogP contribution in [0.5, 0.6) is 0 Å². The van der Waals surface area contributed by atoms with Crippen LogP contribution in [0.1, 0.15) is 61.5 Å². The van der Waals surface area contributed by atoms with Gasteiger partial charge in [-0.05, 0) is 49.3 Å². The van der Waals surface area contributed by atoms with Crippen molar-refractivity contribution in [1.82, 2.24) is 15.6 Å². The van der Waals surface area contributed by atoms with Crippen LogP contribution in [0.3, 0.4) is 0 Å². The molecule has 0 unspecified atom stereocenters. The van der Waals surface area contributed by atoms with E-state index in [1.807, 2.05) is 24.3 Å². The van der Waals surface area contributed by atoms with E-state index < -0.39 is 0 Å². The molecular formula is C22H28N4O2. The molecule has 3 rings (SSSR count). The highest BCUT2D eigenvalue weighted by Gasteiger charge is 2.32. The molecule has 3 N–H and O–H groups in total. The van der Waals surface area contributed by atoms with Crippen molar-refractivity contribution in [3.63, 3.8) is 0 Å². The average molecular weight is 380 g/mol. The Labute approximate surface area is 165 Å². The summed E-state index contributed by atoms with van der Waals surface area (Å²) in [7, 11) is 0. The number of hydrogen-bond donors (Lipinski definition) is 3. The molecule has 148 valence electrons. The molecule has 1 aliphatic rings. The number of aromatic amines is 1. The number of H-pyrrole nitrogens is 1. The van der Waals surface area contributed by atoms with Crippen molar-refractivity contribution < 1.29 is 9.59 Å². The topological polar surface area (TPSA) is 97.8 Å². The van der Waals surface area contributed by atoms with Crippen LogP contribution in [-0.4, -0.2) is 29.4 Å². The quantitative estimate of drug-likeness (QED) is 0.642. The second kappa shape index (κ2) is 9.41. The summed E-state index contributed by atoms with van der Waals surface area (Å²) in [5.74, 6) is -0.579. The number of amides is 2. The largest absolute Gasteiger partial charge is 0.358 e. The first kappa shape index (κ1) is 19.9. The van der Waals surface area contributed by atoms with E-state index >= 15 is 0 Å². The molecule has 1 saturated carbocycles. The number of fused-ring (bicyclic) bond motifs is 1. The second-order valence-electron chi connectivity index (χ2n) is 7.55. The summed E-state index contributed by atoms with van der Waals surface area (Å²) in [4.78, 5) is 28.5. The summed E-state index contributed by atoms with van der Waals surface area (Å²) in [5.41, 5.74) is 2.75. The van der Waals surface area contributed by atoms with Gasteiger partial charge in [-0.15, -0.1) is 0 Å². The lowest BCUT2D eigenvalue weighted by molar-refractivity contribution is -0.126. The first-order chi connectivity index (χ1) is 13.6. The summed E-state index contributed by atoms with van der Waals surface area (Å²) in [6.45, 7) is 2.17. The number of aromatic nitrogens is 1. The zero-order valence-corrected chi connectivity index (χ0v) is 16.4. The van der Waals surface area contributed by atoms with Crippen LogP contribution in [0.4, 0.5) is 0 Å². The molecule has 1 aromatic carbocycles. The van der Waals surface area contributed by atoms with Gasteiger partial charge in [0.05, 0.1) is 12.0 Å². The molecule has 0 aliphatic heterocycles. The van der Waals surface area contributed by atoms with Crippen molar-refractivity contribution in [2.45, 2.75) is 57.9 Å². The highest BCUT2D eigenvalue weighted by Crippen LogP contribution is 2.25. The van der Waals surface area contributed by atoms with Crippen LogP contribution in [-0.2, 0) is 11.2 Å². The standard InChI is InChI=1S/C22H28N4O2/c1-2-3-6-17-13-15-9-10-16(14-20(15)25-17)21(27)26-19-8-5-4-7-18(19)22(28)24-12-11-23/h9-10,13-14,18-19,25H,2-8,12H2,1H3,(H,24,28)(H,26,27)/t18-,19+/m1/s1. The Balaban J connectivity index is 1.70. The Morgan fingerprint density at radius 1 is 1.25 bits per heavy atom. The highest BCUT2D eigenvalue weighted by molar-refractivity contribution is 5.98. The number of nitriles is 1. The summed E-state index contributed by atoms with van der Waals surface area (Å²) >= 11 is 0. The molecule has 2 amide bonds. The molecule has 0 saturated heterocycles. The predicted molar refractivity (Wildman–Crippen MR) is 109 cm³/mol. The molecule has 1 fully saturated rings. The van der Waals surface area contributed by atoms with Gasteiger partial charge >= 0.3 is 0 Å².